The lowest BCUT2D eigenvalue weighted by atomic mass is 10.0. The van der Waals surface area contributed by atoms with Crippen LogP contribution in [0.15, 0.2) is 115 Å². The van der Waals surface area contributed by atoms with Crippen molar-refractivity contribution in [2.45, 2.75) is 13.8 Å². The molecular weight excluding hydrogens is 394 g/mol. The van der Waals surface area contributed by atoms with E-state index in [9.17, 15) is 4.79 Å². The molecule has 0 N–H and O–H groups in total. The Kier molecular flexibility index (Phi) is 6.18. The van der Waals surface area contributed by atoms with E-state index in [0.29, 0.717) is 11.3 Å². The predicted octanol–water partition coefficient (Wildman–Crippen LogP) is 7.61. The maximum absolute atomic E-state index is 11.7. The molecule has 0 aliphatic carbocycles. The van der Waals surface area contributed by atoms with Gasteiger partial charge in [-0.2, -0.15) is 0 Å². The Bertz CT molecular complexity index is 1230. The van der Waals surface area contributed by atoms with E-state index in [2.05, 4.69) is 91.2 Å². The van der Waals surface area contributed by atoms with E-state index >= 15 is 0 Å². The number of hydrogen-bond acceptors (Lipinski definition) is 3. The normalized spacial score (nSPS) is 10.4. The van der Waals surface area contributed by atoms with Crippen LogP contribution in [0, 0.1) is 6.92 Å². The average molecular weight is 420 g/mol. The molecule has 3 nitrogen and oxygen atoms in total. The first kappa shape index (κ1) is 21.1. The number of esters is 1. The second kappa shape index (κ2) is 9.36. The van der Waals surface area contributed by atoms with Crippen molar-refractivity contribution in [1.29, 1.82) is 0 Å². The second-order valence-corrected chi connectivity index (χ2v) is 7.75. The molecule has 4 rings (SSSR count). The van der Waals surface area contributed by atoms with E-state index in [1.807, 2.05) is 18.2 Å². The van der Waals surface area contributed by atoms with Crippen molar-refractivity contribution in [1.82, 2.24) is 0 Å². The Morgan fingerprint density at radius 1 is 0.719 bits per heavy atom. The third-order valence-corrected chi connectivity index (χ3v) is 5.15. The van der Waals surface area contributed by atoms with Crippen molar-refractivity contribution >= 4 is 23.0 Å². The number of ether oxygens (including phenoxy) is 1. The first-order valence-corrected chi connectivity index (χ1v) is 10.5. The lowest BCUT2D eigenvalue weighted by Gasteiger charge is -2.26. The second-order valence-electron chi connectivity index (χ2n) is 7.75. The highest BCUT2D eigenvalue weighted by atomic mass is 16.5. The summed E-state index contributed by atoms with van der Waals surface area (Å²) in [6.45, 7) is 7.35. The van der Waals surface area contributed by atoms with E-state index in [1.165, 1.54) is 5.56 Å². The SMILES string of the molecule is C=C(C)C(=O)Oc1ccc(-c2ccc(N(c3ccccc3)c3cccc(C)c3)cc2)cc1. The minimum atomic E-state index is -0.417. The fraction of sp³-hybridized carbons (Fsp3) is 0.0690. The molecule has 4 aromatic carbocycles. The van der Waals surface area contributed by atoms with E-state index in [-0.39, 0.29) is 0 Å². The number of anilines is 3. The summed E-state index contributed by atoms with van der Waals surface area (Å²) in [7, 11) is 0. The minimum Gasteiger partial charge on any atom is -0.423 e. The Labute approximate surface area is 189 Å². The van der Waals surface area contributed by atoms with Gasteiger partial charge in [0.15, 0.2) is 0 Å². The van der Waals surface area contributed by atoms with E-state index < -0.39 is 5.97 Å². The van der Waals surface area contributed by atoms with Crippen molar-refractivity contribution < 1.29 is 9.53 Å². The summed E-state index contributed by atoms with van der Waals surface area (Å²) in [6.07, 6.45) is 0. The minimum absolute atomic E-state index is 0.376. The van der Waals surface area contributed by atoms with Crippen molar-refractivity contribution in [2.24, 2.45) is 0 Å². The van der Waals surface area contributed by atoms with Gasteiger partial charge in [-0.15, -0.1) is 0 Å². The highest BCUT2D eigenvalue weighted by molar-refractivity contribution is 5.88. The van der Waals surface area contributed by atoms with Crippen LogP contribution in [0.5, 0.6) is 5.75 Å². The van der Waals surface area contributed by atoms with Crippen molar-refractivity contribution in [3.63, 3.8) is 0 Å². The first-order chi connectivity index (χ1) is 15.5. The van der Waals surface area contributed by atoms with Crippen molar-refractivity contribution in [2.75, 3.05) is 4.90 Å². The Morgan fingerprint density at radius 2 is 1.28 bits per heavy atom. The molecule has 0 bridgehead atoms. The molecule has 32 heavy (non-hydrogen) atoms. The number of benzene rings is 4. The largest absolute Gasteiger partial charge is 0.423 e. The van der Waals surface area contributed by atoms with Crippen LogP contribution in [0.25, 0.3) is 11.1 Å². The summed E-state index contributed by atoms with van der Waals surface area (Å²) in [5.74, 6) is 0.0901. The van der Waals surface area contributed by atoms with E-state index in [4.69, 9.17) is 4.74 Å². The maximum Gasteiger partial charge on any atom is 0.338 e. The van der Waals surface area contributed by atoms with Gasteiger partial charge in [-0.05, 0) is 79.1 Å². The van der Waals surface area contributed by atoms with Gasteiger partial charge >= 0.3 is 5.97 Å². The molecule has 0 spiro atoms. The Morgan fingerprint density at radius 3 is 1.88 bits per heavy atom. The molecule has 0 amide bonds. The predicted molar refractivity (Wildman–Crippen MR) is 132 cm³/mol. The summed E-state index contributed by atoms with van der Waals surface area (Å²) >= 11 is 0. The van der Waals surface area contributed by atoms with E-state index in [0.717, 1.165) is 28.2 Å². The Balaban J connectivity index is 1.62. The highest BCUT2D eigenvalue weighted by Crippen LogP contribution is 2.35. The summed E-state index contributed by atoms with van der Waals surface area (Å²) < 4.78 is 5.28. The fourth-order valence-electron chi connectivity index (χ4n) is 3.50. The van der Waals surface area contributed by atoms with Crippen LogP contribution >= 0.6 is 0 Å². The third-order valence-electron chi connectivity index (χ3n) is 5.15. The number of para-hydroxylation sites is 1. The van der Waals surface area contributed by atoms with Gasteiger partial charge in [-0.3, -0.25) is 0 Å². The van der Waals surface area contributed by atoms with Gasteiger partial charge in [0.1, 0.15) is 5.75 Å². The molecule has 0 aromatic heterocycles. The lowest BCUT2D eigenvalue weighted by molar-refractivity contribution is -0.130. The van der Waals surface area contributed by atoms with Gasteiger partial charge in [0, 0.05) is 22.6 Å². The zero-order valence-electron chi connectivity index (χ0n) is 18.3. The van der Waals surface area contributed by atoms with Crippen LogP contribution < -0.4 is 9.64 Å². The lowest BCUT2D eigenvalue weighted by Crippen LogP contribution is -2.09. The van der Waals surface area contributed by atoms with E-state index in [1.54, 1.807) is 19.1 Å². The maximum atomic E-state index is 11.7. The van der Waals surface area contributed by atoms with Gasteiger partial charge in [0.25, 0.3) is 0 Å². The first-order valence-electron chi connectivity index (χ1n) is 10.5. The molecule has 0 saturated carbocycles. The highest BCUT2D eigenvalue weighted by Gasteiger charge is 2.12. The number of hydrogen-bond donors (Lipinski definition) is 0. The van der Waals surface area contributed by atoms with Crippen LogP contribution in [0.3, 0.4) is 0 Å². The summed E-state index contributed by atoms with van der Waals surface area (Å²) in [5.41, 5.74) is 7.03. The molecule has 0 unspecified atom stereocenters. The number of carbonyl (C=O) groups excluding carboxylic acids is 1. The summed E-state index contributed by atoms with van der Waals surface area (Å²) in [5, 5.41) is 0. The molecule has 0 saturated heterocycles. The Hall–Kier alpha value is -4.11. The van der Waals surface area contributed by atoms with Gasteiger partial charge in [-0.25, -0.2) is 4.79 Å². The topological polar surface area (TPSA) is 29.5 Å². The molecule has 0 aliphatic rings. The molecule has 3 heteroatoms. The average Bonchev–Trinajstić information content (AvgIpc) is 2.81. The summed E-state index contributed by atoms with van der Waals surface area (Å²) in [6, 6.07) is 34.8. The van der Waals surface area contributed by atoms with Crippen LogP contribution in [0.4, 0.5) is 17.1 Å². The van der Waals surface area contributed by atoms with Crippen LogP contribution in [-0.4, -0.2) is 5.97 Å². The zero-order valence-corrected chi connectivity index (χ0v) is 18.3. The van der Waals surface area contributed by atoms with Crippen molar-refractivity contribution in [3.8, 4) is 16.9 Å². The monoisotopic (exact) mass is 419 g/mol. The number of aryl methyl sites for hydroxylation is 1. The molecule has 0 fully saturated rings. The molecule has 4 aromatic rings. The number of nitrogens with zero attached hydrogens (tertiary/aromatic N) is 1. The van der Waals surface area contributed by atoms with Crippen LogP contribution in [0.2, 0.25) is 0 Å². The van der Waals surface area contributed by atoms with Gasteiger partial charge in [0.2, 0.25) is 0 Å². The fourth-order valence-corrected chi connectivity index (χ4v) is 3.50. The number of rotatable bonds is 6. The molecule has 0 radical (unpaired) electrons. The quantitative estimate of drug-likeness (QED) is 0.183. The smallest absolute Gasteiger partial charge is 0.338 e. The summed E-state index contributed by atoms with van der Waals surface area (Å²) in [4.78, 5) is 13.9. The molecular formula is C29H25NO2. The van der Waals surface area contributed by atoms with Crippen molar-refractivity contribution in [3.05, 3.63) is 121 Å². The third kappa shape index (κ3) is 4.79. The van der Waals surface area contributed by atoms with Crippen LogP contribution in [-0.2, 0) is 4.79 Å². The zero-order chi connectivity index (χ0) is 22.5. The van der Waals surface area contributed by atoms with Gasteiger partial charge < -0.3 is 9.64 Å². The molecule has 0 heterocycles. The standard InChI is InChI=1S/C29H25NO2/c1-21(2)29(31)32-28-18-14-24(15-19-28)23-12-16-26(17-13-23)30(25-9-5-4-6-10-25)27-11-7-8-22(3)20-27/h4-20H,1H2,2-3H3. The molecule has 158 valence electrons. The number of carbonyl (C=O) groups is 1. The van der Waals surface area contributed by atoms with Gasteiger partial charge in [-0.1, -0.05) is 61.2 Å². The van der Waals surface area contributed by atoms with Gasteiger partial charge in [0.05, 0.1) is 0 Å². The van der Waals surface area contributed by atoms with Crippen LogP contribution in [0.1, 0.15) is 12.5 Å². The molecule has 0 aliphatic heterocycles. The molecule has 0 atom stereocenters.